The summed E-state index contributed by atoms with van der Waals surface area (Å²) in [4.78, 5) is 47.3. The summed E-state index contributed by atoms with van der Waals surface area (Å²) in [5.41, 5.74) is 5.39. The fourth-order valence-electron chi connectivity index (χ4n) is 3.15. The largest absolute Gasteiger partial charge is 0.411 e. The first kappa shape index (κ1) is 33.2. The molecule has 208 valence electrons. The minimum atomic E-state index is -0.528. The smallest absolute Gasteiger partial charge is 0.246 e. The van der Waals surface area contributed by atoms with Crippen LogP contribution in [-0.4, -0.2) is 88.3 Å². The van der Waals surface area contributed by atoms with Crippen LogP contribution in [0.5, 0.6) is 0 Å². The number of nitrogens with zero attached hydrogens (tertiary/aromatic N) is 3. The molecule has 0 radical (unpaired) electrons. The quantitative estimate of drug-likeness (QED) is 0.0404. The highest BCUT2D eigenvalue weighted by atomic mass is 16.5. The van der Waals surface area contributed by atoms with E-state index in [0.717, 1.165) is 25.7 Å². The van der Waals surface area contributed by atoms with Gasteiger partial charge >= 0.3 is 0 Å². The maximum Gasteiger partial charge on any atom is 0.246 e. The molecule has 0 aromatic rings. The lowest BCUT2D eigenvalue weighted by Crippen LogP contribution is -2.31. The molecule has 0 unspecified atom stereocenters. The van der Waals surface area contributed by atoms with Crippen LogP contribution in [0.3, 0.4) is 0 Å². The van der Waals surface area contributed by atoms with E-state index in [-0.39, 0.29) is 50.6 Å². The third kappa shape index (κ3) is 19.5. The Hall–Kier alpha value is -2.77. The van der Waals surface area contributed by atoms with Gasteiger partial charge < -0.3 is 21.6 Å². The van der Waals surface area contributed by atoms with Gasteiger partial charge in [0.25, 0.3) is 0 Å². The van der Waals surface area contributed by atoms with Gasteiger partial charge in [0.15, 0.2) is 0 Å². The third-order valence-electron chi connectivity index (χ3n) is 5.31. The number of nitrogens with one attached hydrogen (secondary N) is 2. The van der Waals surface area contributed by atoms with E-state index in [0.29, 0.717) is 61.9 Å². The Morgan fingerprint density at radius 2 is 1.17 bits per heavy atom. The Morgan fingerprint density at radius 1 is 0.694 bits per heavy atom. The van der Waals surface area contributed by atoms with Crippen molar-refractivity contribution in [3.05, 3.63) is 0 Å². The molecule has 0 fully saturated rings. The van der Waals surface area contributed by atoms with Crippen molar-refractivity contribution in [2.45, 2.75) is 83.5 Å². The summed E-state index contributed by atoms with van der Waals surface area (Å²) in [6.07, 6.45) is 7.48. The number of unbranched alkanes of at least 4 members (excludes halogenated alkanes) is 6. The van der Waals surface area contributed by atoms with Gasteiger partial charge in [-0.15, -0.1) is 5.16 Å². The van der Waals surface area contributed by atoms with Gasteiger partial charge in [0.05, 0.1) is 0 Å². The molecule has 0 heterocycles. The molecule has 0 aromatic heterocycles. The monoisotopic (exact) mass is 516 g/mol. The normalized spacial score (nSPS) is 10.9. The highest BCUT2D eigenvalue weighted by Crippen LogP contribution is 2.03. The van der Waals surface area contributed by atoms with Crippen LogP contribution in [0.25, 0.3) is 0 Å². The molecule has 0 bridgehead atoms. The number of oxime groups is 1. The number of hydroxylamine groups is 4. The maximum atomic E-state index is 11.9. The summed E-state index contributed by atoms with van der Waals surface area (Å²) < 4.78 is 0. The molecule has 7 N–H and O–H groups in total. The highest BCUT2D eigenvalue weighted by molar-refractivity contribution is 5.83. The second kappa shape index (κ2) is 22.7. The summed E-state index contributed by atoms with van der Waals surface area (Å²) in [6, 6.07) is 0. The third-order valence-corrected chi connectivity index (χ3v) is 5.31. The molecular formula is C23H44N6O7. The number of rotatable bonds is 22. The Bertz CT molecular complexity index is 663. The lowest BCUT2D eigenvalue weighted by Gasteiger charge is -2.15. The zero-order chi connectivity index (χ0) is 27.0. The van der Waals surface area contributed by atoms with E-state index in [4.69, 9.17) is 10.9 Å². The van der Waals surface area contributed by atoms with E-state index >= 15 is 0 Å². The molecule has 0 saturated carbocycles. The first-order valence-electron chi connectivity index (χ1n) is 12.7. The van der Waals surface area contributed by atoms with Crippen LogP contribution >= 0.6 is 0 Å². The lowest BCUT2D eigenvalue weighted by molar-refractivity contribution is -0.166. The number of amides is 4. The summed E-state index contributed by atoms with van der Waals surface area (Å²) in [7, 11) is 0. The SMILES string of the molecule is NCCCCCN(O)C(=O)CCC(=O)NCCCCCN(O)C(=O)CCC(=O)NCCCC/C=N/O. The molecule has 36 heavy (non-hydrogen) atoms. The zero-order valence-electron chi connectivity index (χ0n) is 21.2. The second-order valence-corrected chi connectivity index (χ2v) is 8.44. The Labute approximate surface area is 213 Å². The van der Waals surface area contributed by atoms with Gasteiger partial charge in [-0.2, -0.15) is 0 Å². The van der Waals surface area contributed by atoms with Gasteiger partial charge in [-0.25, -0.2) is 10.1 Å². The predicted molar refractivity (Wildman–Crippen MR) is 132 cm³/mol. The minimum Gasteiger partial charge on any atom is -0.411 e. The molecule has 0 atom stereocenters. The zero-order valence-corrected chi connectivity index (χ0v) is 21.2. The van der Waals surface area contributed by atoms with E-state index in [1.807, 2.05) is 0 Å². The molecule has 13 heteroatoms. The van der Waals surface area contributed by atoms with Gasteiger partial charge in [-0.05, 0) is 57.9 Å². The van der Waals surface area contributed by atoms with Gasteiger partial charge in [-0.1, -0.05) is 6.42 Å². The molecule has 4 amide bonds. The number of carbonyl (C=O) groups excluding carboxylic acids is 4. The van der Waals surface area contributed by atoms with E-state index in [1.165, 1.54) is 6.21 Å². The second-order valence-electron chi connectivity index (χ2n) is 8.44. The average Bonchev–Trinajstić information content (AvgIpc) is 2.87. The summed E-state index contributed by atoms with van der Waals surface area (Å²) in [5, 5.41) is 37.3. The number of hydrogen-bond acceptors (Lipinski definition) is 9. The average molecular weight is 517 g/mol. The molecule has 0 rings (SSSR count). The van der Waals surface area contributed by atoms with Crippen molar-refractivity contribution in [3.8, 4) is 0 Å². The summed E-state index contributed by atoms with van der Waals surface area (Å²) in [6.45, 7) is 1.80. The van der Waals surface area contributed by atoms with Gasteiger partial charge in [-0.3, -0.25) is 29.6 Å². The van der Waals surface area contributed by atoms with Crippen LogP contribution in [0.1, 0.15) is 83.5 Å². The van der Waals surface area contributed by atoms with Gasteiger partial charge in [0.1, 0.15) is 0 Å². The van der Waals surface area contributed by atoms with Crippen molar-refractivity contribution in [1.29, 1.82) is 0 Å². The topological polar surface area (TPSA) is 198 Å². The van der Waals surface area contributed by atoms with Crippen molar-refractivity contribution in [2.24, 2.45) is 10.9 Å². The van der Waals surface area contributed by atoms with E-state index < -0.39 is 11.8 Å². The molecule has 0 spiro atoms. The predicted octanol–water partition coefficient (Wildman–Crippen LogP) is 1.14. The van der Waals surface area contributed by atoms with Crippen LogP contribution in [0.4, 0.5) is 0 Å². The highest BCUT2D eigenvalue weighted by Gasteiger charge is 2.14. The fourth-order valence-corrected chi connectivity index (χ4v) is 3.15. The number of carbonyl (C=O) groups is 4. The van der Waals surface area contributed by atoms with E-state index in [1.54, 1.807) is 0 Å². The Balaban J connectivity index is 3.74. The molecule has 0 aliphatic rings. The van der Waals surface area contributed by atoms with Crippen molar-refractivity contribution in [2.75, 3.05) is 32.7 Å². The number of nitrogens with two attached hydrogens (primary N) is 1. The first-order chi connectivity index (χ1) is 17.3. The van der Waals surface area contributed by atoms with E-state index in [9.17, 15) is 29.6 Å². The van der Waals surface area contributed by atoms with Crippen LogP contribution in [-0.2, 0) is 19.2 Å². The molecule has 0 aromatic carbocycles. The van der Waals surface area contributed by atoms with Gasteiger partial charge in [0, 0.05) is 58.1 Å². The summed E-state index contributed by atoms with van der Waals surface area (Å²) in [5.74, 6) is -1.57. The molecule has 0 saturated heterocycles. The van der Waals surface area contributed by atoms with Crippen molar-refractivity contribution < 1.29 is 34.8 Å². The minimum absolute atomic E-state index is 0.00907. The molecule has 13 nitrogen and oxygen atoms in total. The number of hydrogen-bond donors (Lipinski definition) is 6. The molecule has 0 aliphatic carbocycles. The van der Waals surface area contributed by atoms with Gasteiger partial charge in [0.2, 0.25) is 23.6 Å². The molecule has 0 aliphatic heterocycles. The van der Waals surface area contributed by atoms with Crippen LogP contribution in [0.15, 0.2) is 5.16 Å². The standard InChI is InChI=1S/C23H44N6O7/c24-14-4-1-8-18-28(35)22(32)12-11-21(31)26-16-6-3-9-19-29(36)23(33)13-10-20(30)25-15-5-2-7-17-27-34/h17,34-36H,1-16,18-19,24H2,(H,25,30)(H,26,31)/b27-17+. The van der Waals surface area contributed by atoms with Crippen LogP contribution < -0.4 is 16.4 Å². The van der Waals surface area contributed by atoms with E-state index in [2.05, 4.69) is 15.8 Å². The molecular weight excluding hydrogens is 472 g/mol. The Kier molecular flexibility index (Phi) is 20.9. The maximum absolute atomic E-state index is 11.9. The fraction of sp³-hybridized carbons (Fsp3) is 0.783. The van der Waals surface area contributed by atoms with Crippen LogP contribution in [0.2, 0.25) is 0 Å². The first-order valence-corrected chi connectivity index (χ1v) is 12.7. The Morgan fingerprint density at radius 3 is 1.64 bits per heavy atom. The summed E-state index contributed by atoms with van der Waals surface area (Å²) >= 11 is 0. The lowest BCUT2D eigenvalue weighted by atomic mass is 10.2. The van der Waals surface area contributed by atoms with Crippen molar-refractivity contribution in [1.82, 2.24) is 20.8 Å². The van der Waals surface area contributed by atoms with Crippen molar-refractivity contribution in [3.63, 3.8) is 0 Å². The van der Waals surface area contributed by atoms with Crippen molar-refractivity contribution >= 4 is 29.8 Å². The van der Waals surface area contributed by atoms with Crippen LogP contribution in [0, 0.1) is 0 Å².